The van der Waals surface area contributed by atoms with Crippen LogP contribution in [0.25, 0.3) is 33.1 Å². The molecule has 0 aliphatic rings. The molecule has 114 valence electrons. The summed E-state index contributed by atoms with van der Waals surface area (Å²) in [5, 5.41) is 6.32. The number of aromatic nitrogens is 5. The Hall–Kier alpha value is -2.54. The van der Waals surface area contributed by atoms with Crippen LogP contribution in [0.4, 0.5) is 0 Å². The Bertz CT molecular complexity index is 1060. The lowest BCUT2D eigenvalue weighted by molar-refractivity contribution is 0.768. The molecule has 0 aliphatic carbocycles. The SMILES string of the molecule is CN=Cc1ncc2[nH]c3ncc(-c4cnn(C)c4)cc3c2c1Br. The Morgan fingerprint density at radius 3 is 2.83 bits per heavy atom. The van der Waals surface area contributed by atoms with Gasteiger partial charge < -0.3 is 4.98 Å². The van der Waals surface area contributed by atoms with Crippen molar-refractivity contribution < 1.29 is 0 Å². The molecule has 6 nitrogen and oxygen atoms in total. The minimum Gasteiger partial charge on any atom is -0.338 e. The third kappa shape index (κ3) is 2.24. The van der Waals surface area contributed by atoms with Gasteiger partial charge >= 0.3 is 0 Å². The number of hydrogen-bond donors (Lipinski definition) is 1. The summed E-state index contributed by atoms with van der Waals surface area (Å²) >= 11 is 3.65. The van der Waals surface area contributed by atoms with E-state index in [0.29, 0.717) is 0 Å². The van der Waals surface area contributed by atoms with E-state index in [9.17, 15) is 0 Å². The smallest absolute Gasteiger partial charge is 0.138 e. The van der Waals surface area contributed by atoms with Gasteiger partial charge in [0.25, 0.3) is 0 Å². The molecule has 0 fully saturated rings. The van der Waals surface area contributed by atoms with E-state index >= 15 is 0 Å². The van der Waals surface area contributed by atoms with Gasteiger partial charge in [0, 0.05) is 54.6 Å². The van der Waals surface area contributed by atoms with Crippen molar-refractivity contribution in [1.82, 2.24) is 24.7 Å². The average molecular weight is 369 g/mol. The summed E-state index contributed by atoms with van der Waals surface area (Å²) in [4.78, 5) is 16.3. The fourth-order valence-electron chi connectivity index (χ4n) is 2.68. The number of aryl methyl sites for hydroxylation is 1. The van der Waals surface area contributed by atoms with E-state index in [-0.39, 0.29) is 0 Å². The third-order valence-electron chi connectivity index (χ3n) is 3.75. The van der Waals surface area contributed by atoms with E-state index in [4.69, 9.17) is 0 Å². The number of pyridine rings is 2. The number of nitrogens with zero attached hydrogens (tertiary/aromatic N) is 5. The van der Waals surface area contributed by atoms with E-state index in [1.54, 1.807) is 17.9 Å². The van der Waals surface area contributed by atoms with Gasteiger partial charge in [0.15, 0.2) is 0 Å². The van der Waals surface area contributed by atoms with Crippen LogP contribution in [0.2, 0.25) is 0 Å². The molecule has 0 saturated heterocycles. The molecule has 1 N–H and O–H groups in total. The molecule has 0 aromatic carbocycles. The van der Waals surface area contributed by atoms with Gasteiger partial charge in [0.1, 0.15) is 5.65 Å². The van der Waals surface area contributed by atoms with Crippen LogP contribution in [0, 0.1) is 0 Å². The van der Waals surface area contributed by atoms with Gasteiger partial charge in [-0.3, -0.25) is 14.7 Å². The molecule has 4 heterocycles. The van der Waals surface area contributed by atoms with Crippen molar-refractivity contribution in [2.75, 3.05) is 7.05 Å². The number of nitrogens with one attached hydrogen (secondary N) is 1. The maximum absolute atomic E-state index is 4.55. The molecule has 0 saturated carbocycles. The number of hydrogen-bond acceptors (Lipinski definition) is 4. The Kier molecular flexibility index (Phi) is 3.23. The Morgan fingerprint density at radius 2 is 2.09 bits per heavy atom. The van der Waals surface area contributed by atoms with Crippen LogP contribution in [-0.2, 0) is 7.05 Å². The fraction of sp³-hybridized carbons (Fsp3) is 0.125. The summed E-state index contributed by atoms with van der Waals surface area (Å²) in [7, 11) is 3.63. The Labute approximate surface area is 140 Å². The molecule has 0 bridgehead atoms. The second-order valence-corrected chi connectivity index (χ2v) is 6.07. The normalized spacial score (nSPS) is 12.0. The standard InChI is InChI=1S/C16H13BrN6/c1-18-6-13-15(17)14-11-3-9(10-5-21-23(2)8-10)4-20-16(11)22-12(14)7-19-13/h3-8H,1-2H3,(H,20,22). The van der Waals surface area contributed by atoms with Gasteiger partial charge in [-0.15, -0.1) is 0 Å². The zero-order valence-corrected chi connectivity index (χ0v) is 14.2. The van der Waals surface area contributed by atoms with Crippen LogP contribution < -0.4 is 0 Å². The molecular weight excluding hydrogens is 356 g/mol. The van der Waals surface area contributed by atoms with Crippen LogP contribution in [0.15, 0.2) is 40.3 Å². The number of rotatable bonds is 2. The predicted octanol–water partition coefficient (Wildman–Crippen LogP) is 3.32. The molecular formula is C16H13BrN6. The molecule has 7 heteroatoms. The summed E-state index contributed by atoms with van der Waals surface area (Å²) in [6.45, 7) is 0. The fourth-order valence-corrected chi connectivity index (χ4v) is 3.31. The number of aromatic amines is 1. The lowest BCUT2D eigenvalue weighted by Crippen LogP contribution is -1.89. The molecule has 23 heavy (non-hydrogen) atoms. The van der Waals surface area contributed by atoms with Crippen molar-refractivity contribution in [3.8, 4) is 11.1 Å². The van der Waals surface area contributed by atoms with Crippen molar-refractivity contribution in [3.63, 3.8) is 0 Å². The molecule has 0 unspecified atom stereocenters. The summed E-state index contributed by atoms with van der Waals surface area (Å²) < 4.78 is 2.70. The highest BCUT2D eigenvalue weighted by molar-refractivity contribution is 9.10. The van der Waals surface area contributed by atoms with Crippen LogP contribution in [0.1, 0.15) is 5.69 Å². The minimum absolute atomic E-state index is 0.799. The first-order valence-corrected chi connectivity index (χ1v) is 7.84. The highest BCUT2D eigenvalue weighted by atomic mass is 79.9. The van der Waals surface area contributed by atoms with Crippen molar-refractivity contribution >= 4 is 44.1 Å². The van der Waals surface area contributed by atoms with E-state index in [0.717, 1.165) is 43.2 Å². The topological polar surface area (TPSA) is 71.8 Å². The number of H-pyrrole nitrogens is 1. The lowest BCUT2D eigenvalue weighted by atomic mass is 10.1. The molecule has 0 aliphatic heterocycles. The molecule has 0 spiro atoms. The Balaban J connectivity index is 2.02. The van der Waals surface area contributed by atoms with Crippen molar-refractivity contribution in [1.29, 1.82) is 0 Å². The first-order valence-electron chi connectivity index (χ1n) is 7.04. The van der Waals surface area contributed by atoms with Crippen LogP contribution >= 0.6 is 15.9 Å². The van der Waals surface area contributed by atoms with E-state index < -0.39 is 0 Å². The molecule has 4 aromatic heterocycles. The van der Waals surface area contributed by atoms with Crippen molar-refractivity contribution in [2.45, 2.75) is 0 Å². The summed E-state index contributed by atoms with van der Waals surface area (Å²) in [5.74, 6) is 0. The van der Waals surface area contributed by atoms with E-state index in [1.807, 2.05) is 31.8 Å². The third-order valence-corrected chi connectivity index (χ3v) is 4.55. The highest BCUT2D eigenvalue weighted by Gasteiger charge is 2.13. The maximum atomic E-state index is 4.55. The molecule has 4 aromatic rings. The first-order chi connectivity index (χ1) is 11.2. The Morgan fingerprint density at radius 1 is 1.22 bits per heavy atom. The number of halogens is 1. The van der Waals surface area contributed by atoms with Crippen molar-refractivity contribution in [2.24, 2.45) is 12.0 Å². The first kappa shape index (κ1) is 14.1. The molecule has 0 atom stereocenters. The predicted molar refractivity (Wildman–Crippen MR) is 94.8 cm³/mol. The molecule has 0 radical (unpaired) electrons. The summed E-state index contributed by atoms with van der Waals surface area (Å²) in [6.07, 6.45) is 9.21. The monoisotopic (exact) mass is 368 g/mol. The highest BCUT2D eigenvalue weighted by Crippen LogP contribution is 2.33. The van der Waals surface area contributed by atoms with Gasteiger partial charge in [-0.25, -0.2) is 4.98 Å². The van der Waals surface area contributed by atoms with Crippen LogP contribution in [0.3, 0.4) is 0 Å². The molecule has 0 amide bonds. The van der Waals surface area contributed by atoms with Gasteiger partial charge in [-0.2, -0.15) is 5.10 Å². The zero-order chi connectivity index (χ0) is 16.0. The van der Waals surface area contributed by atoms with Gasteiger partial charge in [-0.1, -0.05) is 0 Å². The zero-order valence-electron chi connectivity index (χ0n) is 12.6. The van der Waals surface area contributed by atoms with Crippen LogP contribution in [-0.4, -0.2) is 38.0 Å². The second-order valence-electron chi connectivity index (χ2n) is 5.28. The summed E-state index contributed by atoms with van der Waals surface area (Å²) in [6, 6.07) is 2.12. The van der Waals surface area contributed by atoms with E-state index in [1.165, 1.54) is 0 Å². The quantitative estimate of drug-likeness (QED) is 0.551. The van der Waals surface area contributed by atoms with Gasteiger partial charge in [0.05, 0.1) is 28.1 Å². The van der Waals surface area contributed by atoms with Crippen molar-refractivity contribution in [3.05, 3.63) is 41.0 Å². The van der Waals surface area contributed by atoms with Crippen LogP contribution in [0.5, 0.6) is 0 Å². The number of aliphatic imine (C=N–C) groups is 1. The molecule has 4 rings (SSSR count). The largest absolute Gasteiger partial charge is 0.338 e. The lowest BCUT2D eigenvalue weighted by Gasteiger charge is -2.01. The van der Waals surface area contributed by atoms with Gasteiger partial charge in [0.2, 0.25) is 0 Å². The second kappa shape index (κ2) is 5.27. The minimum atomic E-state index is 0.799. The van der Waals surface area contributed by atoms with Gasteiger partial charge in [-0.05, 0) is 22.0 Å². The van der Waals surface area contributed by atoms with E-state index in [2.05, 4.69) is 47.0 Å². The number of fused-ring (bicyclic) bond motifs is 3. The summed E-state index contributed by atoms with van der Waals surface area (Å²) in [5.41, 5.74) is 4.64. The average Bonchev–Trinajstić information content (AvgIpc) is 3.13. The maximum Gasteiger partial charge on any atom is 0.138 e.